The van der Waals surface area contributed by atoms with Gasteiger partial charge in [0.15, 0.2) is 5.78 Å². The van der Waals surface area contributed by atoms with Crippen LogP contribution < -0.4 is 9.62 Å². The van der Waals surface area contributed by atoms with Gasteiger partial charge in [-0.15, -0.1) is 0 Å². The minimum absolute atomic E-state index is 0.0859. The van der Waals surface area contributed by atoms with E-state index in [2.05, 4.69) is 9.62 Å². The van der Waals surface area contributed by atoms with Crippen LogP contribution in [0, 0.1) is 0 Å². The number of ketones is 1. The first-order valence-electron chi connectivity index (χ1n) is 7.35. The first kappa shape index (κ1) is 15.6. The Bertz CT molecular complexity index is 875. The summed E-state index contributed by atoms with van der Waals surface area (Å²) in [7, 11) is -1.70. The Morgan fingerprint density at radius 2 is 1.96 bits per heavy atom. The number of Topliss-reactive ketones (excluding diaryl/α,β-unsaturated/α-hetero) is 1. The molecular weight excluding hydrogens is 312 g/mol. The van der Waals surface area contributed by atoms with Gasteiger partial charge >= 0.3 is 0 Å². The fourth-order valence-electron chi connectivity index (χ4n) is 2.73. The number of nitrogens with zero attached hydrogens (tertiary/aromatic N) is 1. The molecule has 0 amide bonds. The summed E-state index contributed by atoms with van der Waals surface area (Å²) < 4.78 is 27.6. The normalized spacial score (nSPS) is 13.7. The van der Waals surface area contributed by atoms with E-state index in [0.717, 1.165) is 24.2 Å². The van der Waals surface area contributed by atoms with Gasteiger partial charge in [0.25, 0.3) is 10.0 Å². The zero-order valence-electron chi connectivity index (χ0n) is 13.0. The zero-order valence-corrected chi connectivity index (χ0v) is 13.9. The molecule has 120 valence electrons. The lowest BCUT2D eigenvalue weighted by Crippen LogP contribution is -2.14. The van der Waals surface area contributed by atoms with Crippen molar-refractivity contribution >= 4 is 27.2 Å². The van der Waals surface area contributed by atoms with Crippen LogP contribution in [-0.2, 0) is 16.4 Å². The highest BCUT2D eigenvalue weighted by Crippen LogP contribution is 2.30. The molecule has 0 atom stereocenters. The molecule has 0 unspecified atom stereocenters. The number of fused-ring (bicyclic) bond motifs is 1. The van der Waals surface area contributed by atoms with Crippen molar-refractivity contribution in [1.82, 2.24) is 0 Å². The lowest BCUT2D eigenvalue weighted by Gasteiger charge is -2.13. The van der Waals surface area contributed by atoms with Gasteiger partial charge in [0.1, 0.15) is 0 Å². The van der Waals surface area contributed by atoms with Crippen LogP contribution in [0.3, 0.4) is 0 Å². The second kappa shape index (κ2) is 5.70. The maximum atomic E-state index is 12.5. The number of hydrogen-bond donors (Lipinski definition) is 1. The number of hydrogen-bond acceptors (Lipinski definition) is 4. The van der Waals surface area contributed by atoms with Crippen molar-refractivity contribution in [3.05, 3.63) is 53.6 Å². The average molecular weight is 330 g/mol. The molecule has 0 fully saturated rings. The maximum Gasteiger partial charge on any atom is 0.261 e. The molecule has 1 heterocycles. The van der Waals surface area contributed by atoms with Crippen LogP contribution >= 0.6 is 0 Å². The van der Waals surface area contributed by atoms with Gasteiger partial charge in [0.05, 0.1) is 4.90 Å². The standard InChI is InChI=1S/C17H18N2O3S/c1-12(20)13-4-3-5-16(11-13)23(21,22)18-15-6-7-17-14(10-15)8-9-19(17)2/h3-7,10-11,18H,8-9H2,1-2H3. The molecule has 3 rings (SSSR count). The van der Waals surface area contributed by atoms with Gasteiger partial charge in [-0.2, -0.15) is 0 Å². The fourth-order valence-corrected chi connectivity index (χ4v) is 3.82. The molecule has 6 heteroatoms. The van der Waals surface area contributed by atoms with Gasteiger partial charge in [-0.1, -0.05) is 12.1 Å². The van der Waals surface area contributed by atoms with E-state index in [1.807, 2.05) is 19.2 Å². The third-order valence-corrected chi connectivity index (χ3v) is 5.39. The van der Waals surface area contributed by atoms with Crippen LogP contribution in [0.2, 0.25) is 0 Å². The van der Waals surface area contributed by atoms with Gasteiger partial charge in [-0.05, 0) is 49.2 Å². The van der Waals surface area contributed by atoms with E-state index in [1.54, 1.807) is 18.2 Å². The Kier molecular flexibility index (Phi) is 3.85. The number of anilines is 2. The monoisotopic (exact) mass is 330 g/mol. The van der Waals surface area contributed by atoms with Crippen LogP contribution in [0.1, 0.15) is 22.8 Å². The van der Waals surface area contributed by atoms with E-state index in [0.29, 0.717) is 11.3 Å². The molecule has 1 N–H and O–H groups in total. The van der Waals surface area contributed by atoms with E-state index >= 15 is 0 Å². The van der Waals surface area contributed by atoms with Gasteiger partial charge in [0, 0.05) is 30.5 Å². The number of carbonyl (C=O) groups is 1. The van der Waals surface area contributed by atoms with Crippen LogP contribution in [0.25, 0.3) is 0 Å². The van der Waals surface area contributed by atoms with Crippen molar-refractivity contribution in [1.29, 1.82) is 0 Å². The number of benzene rings is 2. The highest BCUT2D eigenvalue weighted by molar-refractivity contribution is 7.92. The number of likely N-dealkylation sites (N-methyl/N-ethyl adjacent to an activating group) is 1. The Labute approximate surface area is 136 Å². The van der Waals surface area contributed by atoms with Crippen molar-refractivity contribution in [2.45, 2.75) is 18.2 Å². The molecule has 0 bridgehead atoms. The molecule has 2 aromatic rings. The fraction of sp³-hybridized carbons (Fsp3) is 0.235. The number of nitrogens with one attached hydrogen (secondary N) is 1. The lowest BCUT2D eigenvalue weighted by atomic mass is 10.1. The van der Waals surface area contributed by atoms with Crippen LogP contribution in [-0.4, -0.2) is 27.8 Å². The van der Waals surface area contributed by atoms with Crippen molar-refractivity contribution in [2.75, 3.05) is 23.2 Å². The molecule has 0 aliphatic carbocycles. The molecule has 5 nitrogen and oxygen atoms in total. The smallest absolute Gasteiger partial charge is 0.261 e. The summed E-state index contributed by atoms with van der Waals surface area (Å²) in [4.78, 5) is 13.7. The first-order valence-corrected chi connectivity index (χ1v) is 8.83. The predicted octanol–water partition coefficient (Wildman–Crippen LogP) is 2.68. The van der Waals surface area contributed by atoms with Crippen molar-refractivity contribution < 1.29 is 13.2 Å². The molecule has 2 aromatic carbocycles. The second-order valence-electron chi connectivity index (χ2n) is 5.70. The summed E-state index contributed by atoms with van der Waals surface area (Å²) in [5.41, 5.74) is 3.17. The van der Waals surface area contributed by atoms with Crippen LogP contribution in [0.15, 0.2) is 47.4 Å². The Morgan fingerprint density at radius 3 is 2.70 bits per heavy atom. The molecule has 0 saturated carbocycles. The maximum absolute atomic E-state index is 12.5. The molecule has 0 aromatic heterocycles. The molecule has 1 aliphatic heterocycles. The largest absolute Gasteiger partial charge is 0.374 e. The van der Waals surface area contributed by atoms with E-state index in [-0.39, 0.29) is 10.7 Å². The highest BCUT2D eigenvalue weighted by Gasteiger charge is 2.19. The molecule has 23 heavy (non-hydrogen) atoms. The Balaban J connectivity index is 1.90. The minimum Gasteiger partial charge on any atom is -0.374 e. The number of rotatable bonds is 4. The van der Waals surface area contributed by atoms with Crippen LogP contribution in [0.5, 0.6) is 0 Å². The van der Waals surface area contributed by atoms with Crippen LogP contribution in [0.4, 0.5) is 11.4 Å². The summed E-state index contributed by atoms with van der Waals surface area (Å²) in [5, 5.41) is 0. The van der Waals surface area contributed by atoms with Crippen molar-refractivity contribution in [2.24, 2.45) is 0 Å². The van der Waals surface area contributed by atoms with E-state index in [9.17, 15) is 13.2 Å². The number of carbonyl (C=O) groups excluding carboxylic acids is 1. The topological polar surface area (TPSA) is 66.5 Å². The first-order chi connectivity index (χ1) is 10.9. The summed E-state index contributed by atoms with van der Waals surface area (Å²) in [5.74, 6) is -0.164. The third-order valence-electron chi connectivity index (χ3n) is 4.01. The van der Waals surface area contributed by atoms with Gasteiger partial charge in [0.2, 0.25) is 0 Å². The minimum atomic E-state index is -3.72. The van der Waals surface area contributed by atoms with E-state index in [1.165, 1.54) is 19.1 Å². The lowest BCUT2D eigenvalue weighted by molar-refractivity contribution is 0.101. The SMILES string of the molecule is CC(=O)c1cccc(S(=O)(=O)Nc2ccc3c(c2)CCN3C)c1. The summed E-state index contributed by atoms with van der Waals surface area (Å²) in [6.45, 7) is 2.35. The second-order valence-corrected chi connectivity index (χ2v) is 7.39. The van der Waals surface area contributed by atoms with E-state index in [4.69, 9.17) is 0 Å². The molecule has 0 saturated heterocycles. The average Bonchev–Trinajstić information content (AvgIpc) is 2.88. The highest BCUT2D eigenvalue weighted by atomic mass is 32.2. The molecule has 1 aliphatic rings. The van der Waals surface area contributed by atoms with E-state index < -0.39 is 10.0 Å². The third kappa shape index (κ3) is 3.07. The van der Waals surface area contributed by atoms with Crippen molar-refractivity contribution in [3.63, 3.8) is 0 Å². The summed E-state index contributed by atoms with van der Waals surface area (Å²) >= 11 is 0. The predicted molar refractivity (Wildman–Crippen MR) is 90.7 cm³/mol. The molecule has 0 radical (unpaired) electrons. The zero-order chi connectivity index (χ0) is 16.6. The van der Waals surface area contributed by atoms with Gasteiger partial charge < -0.3 is 4.90 Å². The number of sulfonamides is 1. The quantitative estimate of drug-likeness (QED) is 0.875. The summed E-state index contributed by atoms with van der Waals surface area (Å²) in [6.07, 6.45) is 0.904. The van der Waals surface area contributed by atoms with Gasteiger partial charge in [-0.25, -0.2) is 8.42 Å². The molecular formula is C17H18N2O3S. The Morgan fingerprint density at radius 1 is 1.17 bits per heavy atom. The molecule has 0 spiro atoms. The van der Waals surface area contributed by atoms with Gasteiger partial charge in [-0.3, -0.25) is 9.52 Å². The summed E-state index contributed by atoms with van der Waals surface area (Å²) in [6, 6.07) is 11.6. The Hall–Kier alpha value is -2.34. The van der Waals surface area contributed by atoms with Crippen molar-refractivity contribution in [3.8, 4) is 0 Å².